The van der Waals surface area contributed by atoms with Crippen LogP contribution < -0.4 is 10.6 Å². The molecule has 21 heavy (non-hydrogen) atoms. The van der Waals surface area contributed by atoms with Crippen LogP contribution in [0.2, 0.25) is 0 Å². The van der Waals surface area contributed by atoms with Gasteiger partial charge in [0, 0.05) is 32.2 Å². The van der Waals surface area contributed by atoms with Crippen LogP contribution in [0.15, 0.2) is 12.2 Å². The van der Waals surface area contributed by atoms with Crippen LogP contribution in [0.5, 0.6) is 0 Å². The first-order chi connectivity index (χ1) is 9.69. The molecule has 1 radical (unpaired) electrons. The molecule has 7 heteroatoms. The SMILES string of the molecule is CNCC1CC=CCN1O.CNCC1CCCCN1O.[Cu+2]. The molecule has 0 aromatic carbocycles. The molecule has 2 heterocycles. The Morgan fingerprint density at radius 1 is 1.00 bits per heavy atom. The van der Waals surface area contributed by atoms with Gasteiger partial charge in [0.05, 0.1) is 6.04 Å². The van der Waals surface area contributed by atoms with Crippen LogP contribution in [0, 0.1) is 0 Å². The zero-order valence-corrected chi connectivity index (χ0v) is 14.0. The maximum absolute atomic E-state index is 9.29. The summed E-state index contributed by atoms with van der Waals surface area (Å²) in [4.78, 5) is 0. The van der Waals surface area contributed by atoms with Gasteiger partial charge in [0.25, 0.3) is 0 Å². The fraction of sp³-hybridized carbons (Fsp3) is 0.857. The van der Waals surface area contributed by atoms with Crippen LogP contribution in [0.1, 0.15) is 25.7 Å². The molecular weight excluding hydrogens is 320 g/mol. The van der Waals surface area contributed by atoms with Crippen LogP contribution in [0.25, 0.3) is 0 Å². The molecule has 0 spiro atoms. The average molecular weight is 350 g/mol. The van der Waals surface area contributed by atoms with Gasteiger partial charge < -0.3 is 21.0 Å². The molecule has 2 aliphatic rings. The smallest absolute Gasteiger partial charge is 0.318 e. The summed E-state index contributed by atoms with van der Waals surface area (Å²) in [7, 11) is 3.81. The van der Waals surface area contributed by atoms with Gasteiger partial charge >= 0.3 is 17.1 Å². The minimum Gasteiger partial charge on any atom is -0.318 e. The van der Waals surface area contributed by atoms with E-state index in [4.69, 9.17) is 0 Å². The molecule has 0 bridgehead atoms. The molecule has 2 atom stereocenters. The van der Waals surface area contributed by atoms with Crippen molar-refractivity contribution in [1.29, 1.82) is 0 Å². The first kappa shape index (κ1) is 21.0. The van der Waals surface area contributed by atoms with E-state index in [2.05, 4.69) is 16.7 Å². The second kappa shape index (κ2) is 12.6. The summed E-state index contributed by atoms with van der Waals surface area (Å²) in [6.07, 6.45) is 8.54. The van der Waals surface area contributed by atoms with Gasteiger partial charge in [0.2, 0.25) is 0 Å². The van der Waals surface area contributed by atoms with E-state index in [-0.39, 0.29) is 23.1 Å². The number of hydroxylamine groups is 4. The van der Waals surface area contributed by atoms with Gasteiger partial charge in [0.15, 0.2) is 0 Å². The fourth-order valence-electron chi connectivity index (χ4n) is 2.56. The number of likely N-dealkylation sites (N-methyl/N-ethyl adjacent to an activating group) is 2. The Kier molecular flexibility index (Phi) is 12.6. The minimum atomic E-state index is 0. The van der Waals surface area contributed by atoms with Crippen LogP contribution >= 0.6 is 0 Å². The van der Waals surface area contributed by atoms with E-state index in [0.29, 0.717) is 12.6 Å². The molecule has 1 saturated heterocycles. The second-order valence-electron chi connectivity index (χ2n) is 5.41. The average Bonchev–Trinajstić information content (AvgIpc) is 2.45. The number of hydrogen-bond acceptors (Lipinski definition) is 6. The van der Waals surface area contributed by atoms with Crippen molar-refractivity contribution in [3.63, 3.8) is 0 Å². The van der Waals surface area contributed by atoms with E-state index in [1.807, 2.05) is 20.2 Å². The number of hydrogen-bond donors (Lipinski definition) is 4. The topological polar surface area (TPSA) is 71.0 Å². The Bertz CT molecular complexity index is 280. The van der Waals surface area contributed by atoms with Crippen molar-refractivity contribution in [2.75, 3.05) is 40.3 Å². The molecule has 127 valence electrons. The summed E-state index contributed by atoms with van der Waals surface area (Å²) >= 11 is 0. The molecule has 1 fully saturated rings. The molecule has 2 aliphatic heterocycles. The summed E-state index contributed by atoms with van der Waals surface area (Å²) < 4.78 is 0. The number of piperidine rings is 1. The third-order valence-corrected chi connectivity index (χ3v) is 3.76. The van der Waals surface area contributed by atoms with E-state index < -0.39 is 0 Å². The van der Waals surface area contributed by atoms with Crippen LogP contribution in [0.3, 0.4) is 0 Å². The Labute approximate surface area is 138 Å². The molecule has 0 aromatic heterocycles. The molecule has 0 saturated carbocycles. The Balaban J connectivity index is 0.000000364. The Morgan fingerprint density at radius 3 is 2.24 bits per heavy atom. The molecule has 4 N–H and O–H groups in total. The van der Waals surface area contributed by atoms with Gasteiger partial charge in [-0.15, -0.1) is 0 Å². The van der Waals surface area contributed by atoms with E-state index in [1.54, 1.807) is 0 Å². The van der Waals surface area contributed by atoms with Crippen LogP contribution in [-0.2, 0) is 17.1 Å². The van der Waals surface area contributed by atoms with Gasteiger partial charge in [-0.1, -0.05) is 18.6 Å². The van der Waals surface area contributed by atoms with Gasteiger partial charge in [-0.3, -0.25) is 0 Å². The molecule has 0 aromatic rings. The van der Waals surface area contributed by atoms with Crippen molar-refractivity contribution in [1.82, 2.24) is 20.8 Å². The van der Waals surface area contributed by atoms with Crippen molar-refractivity contribution in [2.24, 2.45) is 0 Å². The van der Waals surface area contributed by atoms with Gasteiger partial charge in [-0.25, -0.2) is 0 Å². The minimum absolute atomic E-state index is 0. The van der Waals surface area contributed by atoms with Crippen LogP contribution in [-0.4, -0.2) is 72.9 Å². The summed E-state index contributed by atoms with van der Waals surface area (Å²) in [5.41, 5.74) is 0. The third-order valence-electron chi connectivity index (χ3n) is 3.76. The van der Waals surface area contributed by atoms with Crippen molar-refractivity contribution in [3.8, 4) is 0 Å². The molecule has 0 aliphatic carbocycles. The van der Waals surface area contributed by atoms with Gasteiger partial charge in [0.1, 0.15) is 0 Å². The van der Waals surface area contributed by atoms with E-state index in [0.717, 1.165) is 38.9 Å². The van der Waals surface area contributed by atoms with Crippen LogP contribution in [0.4, 0.5) is 0 Å². The molecular formula is C14H30CuN4O2+2. The maximum atomic E-state index is 9.29. The van der Waals surface area contributed by atoms with Crippen molar-refractivity contribution in [2.45, 2.75) is 37.8 Å². The molecule has 0 amide bonds. The predicted molar refractivity (Wildman–Crippen MR) is 80.0 cm³/mol. The number of rotatable bonds is 4. The largest absolute Gasteiger partial charge is 2.00 e. The van der Waals surface area contributed by atoms with E-state index >= 15 is 0 Å². The zero-order valence-electron chi connectivity index (χ0n) is 13.1. The summed E-state index contributed by atoms with van der Waals surface area (Å²) in [5.74, 6) is 0. The summed E-state index contributed by atoms with van der Waals surface area (Å²) in [6.45, 7) is 3.25. The predicted octanol–water partition coefficient (Wildman–Crippen LogP) is 0.673. The van der Waals surface area contributed by atoms with Gasteiger partial charge in [-0.2, -0.15) is 10.1 Å². The zero-order chi connectivity index (χ0) is 14.8. The van der Waals surface area contributed by atoms with Gasteiger partial charge in [-0.05, 0) is 33.4 Å². The number of nitrogens with zero attached hydrogens (tertiary/aromatic N) is 2. The molecule has 2 unspecified atom stereocenters. The van der Waals surface area contributed by atoms with E-state index in [1.165, 1.54) is 16.5 Å². The first-order valence-electron chi connectivity index (χ1n) is 7.54. The maximum Gasteiger partial charge on any atom is 2.00 e. The standard InChI is InChI=1S/C7H16N2O.C7H14N2O.Cu/c2*1-8-6-7-4-2-3-5-9(7)10;/h7-8,10H,2-6H2,1H3;2-3,7-8,10H,4-6H2,1H3;/q;;+2. The molecule has 2 rings (SSSR count). The Hall–Kier alpha value is 0.0195. The Morgan fingerprint density at radius 2 is 1.67 bits per heavy atom. The quantitative estimate of drug-likeness (QED) is 0.442. The monoisotopic (exact) mass is 349 g/mol. The normalized spacial score (nSPS) is 26.7. The summed E-state index contributed by atoms with van der Waals surface area (Å²) in [6, 6.07) is 0.605. The number of nitrogens with one attached hydrogen (secondary N) is 2. The molecule has 6 nitrogen and oxygen atoms in total. The fourth-order valence-corrected chi connectivity index (χ4v) is 2.56. The second-order valence-corrected chi connectivity index (χ2v) is 5.41. The first-order valence-corrected chi connectivity index (χ1v) is 7.54. The summed E-state index contributed by atoms with van der Waals surface area (Å²) in [5, 5.41) is 27.5. The third kappa shape index (κ3) is 8.28. The van der Waals surface area contributed by atoms with Crippen molar-refractivity contribution < 1.29 is 27.5 Å². The van der Waals surface area contributed by atoms with Crippen molar-refractivity contribution >= 4 is 0 Å². The van der Waals surface area contributed by atoms with E-state index in [9.17, 15) is 10.4 Å². The van der Waals surface area contributed by atoms with Crippen molar-refractivity contribution in [3.05, 3.63) is 12.2 Å².